The average Bonchev–Trinajstić information content (AvgIpc) is 2.31. The first-order valence-corrected chi connectivity index (χ1v) is 6.62. The summed E-state index contributed by atoms with van der Waals surface area (Å²) in [6.45, 7) is 9.82. The Labute approximate surface area is 138 Å². The number of unbranched alkanes of at least 4 members (excludes halogenated alkanes) is 3. The molecule has 0 bridgehead atoms. The van der Waals surface area contributed by atoms with Crippen molar-refractivity contribution in [3.05, 3.63) is 13.8 Å². The summed E-state index contributed by atoms with van der Waals surface area (Å²) in [4.78, 5) is 10.3. The molecule has 0 aromatic heterocycles. The van der Waals surface area contributed by atoms with Gasteiger partial charge in [0.25, 0.3) is 0 Å². The van der Waals surface area contributed by atoms with Gasteiger partial charge in [0.2, 0.25) is 0 Å². The monoisotopic (exact) mass is 332 g/mol. The van der Waals surface area contributed by atoms with E-state index in [1.54, 1.807) is 6.92 Å². The fourth-order valence-electron chi connectivity index (χ4n) is 1.62. The smallest absolute Gasteiger partial charge is 0.303 e. The normalized spacial score (nSPS) is 10.9. The number of carboxylic acids is 1. The molecule has 0 amide bonds. The molecule has 0 fully saturated rings. The topological polar surface area (TPSA) is 63.3 Å². The molecular weight excluding hydrogens is 303 g/mol. The Morgan fingerprint density at radius 1 is 1.11 bits per heavy atom. The zero-order valence-corrected chi connectivity index (χ0v) is 14.7. The molecule has 3 nitrogen and oxygen atoms in total. The molecule has 1 atom stereocenters. The number of hydrogen-bond acceptors (Lipinski definition) is 2. The summed E-state index contributed by atoms with van der Waals surface area (Å²) >= 11 is 0. The van der Waals surface area contributed by atoms with Crippen LogP contribution < -0.4 is 5.73 Å². The van der Waals surface area contributed by atoms with Gasteiger partial charge in [-0.15, -0.1) is 0 Å². The average molecular weight is 332 g/mol. The molecule has 0 aromatic carbocycles. The van der Waals surface area contributed by atoms with E-state index < -0.39 is 5.97 Å². The summed E-state index contributed by atoms with van der Waals surface area (Å²) in [5, 5.41) is 8.47. The predicted molar refractivity (Wildman–Crippen MR) is 73.5 cm³/mol. The van der Waals surface area contributed by atoms with Crippen molar-refractivity contribution < 1.29 is 42.6 Å². The van der Waals surface area contributed by atoms with Crippen LogP contribution in [0.1, 0.15) is 58.3 Å². The van der Waals surface area contributed by atoms with Gasteiger partial charge < -0.3 is 24.7 Å². The Hall–Kier alpha value is 0.534. The number of carbonyl (C=O) groups is 1. The first-order valence-electron chi connectivity index (χ1n) is 6.62. The van der Waals surface area contributed by atoms with Gasteiger partial charge in [-0.25, -0.2) is 0 Å². The Kier molecular flexibility index (Phi) is 26.1. The zero-order valence-electron chi connectivity index (χ0n) is 11.9. The Morgan fingerprint density at radius 2 is 1.61 bits per heavy atom. The summed E-state index contributed by atoms with van der Waals surface area (Å²) in [5.74, 6) is -0.285. The third-order valence-corrected chi connectivity index (χ3v) is 2.57. The molecule has 0 aromatic rings. The Morgan fingerprint density at radius 3 is 2.11 bits per heavy atom. The fourth-order valence-corrected chi connectivity index (χ4v) is 1.62. The fraction of sp³-hybridized carbons (Fsp3) is 0.786. The summed E-state index contributed by atoms with van der Waals surface area (Å²) < 4.78 is 0. The van der Waals surface area contributed by atoms with Gasteiger partial charge in [-0.3, -0.25) is 4.79 Å². The molecule has 1 radical (unpaired) electrons. The van der Waals surface area contributed by atoms with E-state index >= 15 is 0 Å². The second kappa shape index (κ2) is 19.9. The van der Waals surface area contributed by atoms with Gasteiger partial charge in [-0.1, -0.05) is 32.1 Å². The summed E-state index contributed by atoms with van der Waals surface area (Å²) in [5.41, 5.74) is 5.40. The zero-order chi connectivity index (χ0) is 13.5. The number of nitrogens with two attached hydrogens (primary N) is 1. The largest absolute Gasteiger partial charge is 0.481 e. The molecule has 0 saturated heterocycles. The first-order chi connectivity index (χ1) is 8.16. The van der Waals surface area contributed by atoms with E-state index in [-0.39, 0.29) is 39.1 Å². The van der Waals surface area contributed by atoms with E-state index in [0.29, 0.717) is 5.92 Å². The van der Waals surface area contributed by atoms with Crippen LogP contribution in [-0.4, -0.2) is 17.6 Å². The van der Waals surface area contributed by atoms with Crippen molar-refractivity contribution in [2.75, 3.05) is 6.54 Å². The summed E-state index contributed by atoms with van der Waals surface area (Å²) in [6, 6.07) is 0. The standard InChI is InChI=1S/C12H24NO2.C2H5.Y/c1-11(8-6-9-12(14)15)7-4-2-3-5-10-13;1-2;/h11H,1-10,13H2,(H,14,15);1H2,2H3;/q2*-1;. The van der Waals surface area contributed by atoms with Gasteiger partial charge in [0.15, 0.2) is 0 Å². The molecule has 0 rings (SSSR count). The van der Waals surface area contributed by atoms with Crippen molar-refractivity contribution >= 4 is 5.97 Å². The van der Waals surface area contributed by atoms with Crippen molar-refractivity contribution in [1.82, 2.24) is 0 Å². The van der Waals surface area contributed by atoms with Crippen LogP contribution in [0.2, 0.25) is 0 Å². The van der Waals surface area contributed by atoms with E-state index in [0.717, 1.165) is 32.2 Å². The van der Waals surface area contributed by atoms with Gasteiger partial charge in [-0.2, -0.15) is 12.8 Å². The van der Waals surface area contributed by atoms with Crippen LogP contribution in [0.15, 0.2) is 0 Å². The van der Waals surface area contributed by atoms with Crippen LogP contribution in [0.5, 0.6) is 0 Å². The van der Waals surface area contributed by atoms with E-state index in [2.05, 4.69) is 13.8 Å². The van der Waals surface area contributed by atoms with Crippen LogP contribution in [0.4, 0.5) is 0 Å². The third-order valence-electron chi connectivity index (χ3n) is 2.57. The van der Waals surface area contributed by atoms with Crippen LogP contribution in [0, 0.1) is 19.8 Å². The number of rotatable bonds is 10. The molecular formula is C14H29NO2Y-2. The van der Waals surface area contributed by atoms with E-state index in [9.17, 15) is 4.79 Å². The van der Waals surface area contributed by atoms with Crippen molar-refractivity contribution in [3.63, 3.8) is 0 Å². The molecule has 0 aliphatic rings. The van der Waals surface area contributed by atoms with Crippen LogP contribution in [0.3, 0.4) is 0 Å². The minimum absolute atomic E-state index is 0. The minimum Gasteiger partial charge on any atom is -0.481 e. The second-order valence-electron chi connectivity index (χ2n) is 4.14. The molecule has 18 heavy (non-hydrogen) atoms. The van der Waals surface area contributed by atoms with E-state index in [4.69, 9.17) is 10.8 Å². The molecule has 107 valence electrons. The predicted octanol–water partition coefficient (Wildman–Crippen LogP) is 3.44. The number of carboxylic acid groups (broad SMARTS) is 1. The molecule has 0 aliphatic carbocycles. The van der Waals surface area contributed by atoms with Gasteiger partial charge in [0.05, 0.1) is 0 Å². The maximum Gasteiger partial charge on any atom is 0.303 e. The quantitative estimate of drug-likeness (QED) is 0.476. The van der Waals surface area contributed by atoms with Gasteiger partial charge >= 0.3 is 5.97 Å². The summed E-state index contributed by atoms with van der Waals surface area (Å²) in [6.07, 6.45) is 7.82. The Bertz CT molecular complexity index is 166. The maximum absolute atomic E-state index is 10.3. The SMILES string of the molecule is [CH2-]C.[CH2-]C(CCCCCCN)CCCC(=O)O.[Y]. The molecule has 1 unspecified atom stereocenters. The molecule has 0 saturated carbocycles. The Balaban J connectivity index is -0.000000709. The van der Waals surface area contributed by atoms with Crippen LogP contribution >= 0.6 is 0 Å². The second-order valence-corrected chi connectivity index (χ2v) is 4.14. The molecule has 0 spiro atoms. The van der Waals surface area contributed by atoms with E-state index in [1.165, 1.54) is 19.3 Å². The van der Waals surface area contributed by atoms with Gasteiger partial charge in [-0.05, 0) is 19.4 Å². The molecule has 0 aliphatic heterocycles. The van der Waals surface area contributed by atoms with Crippen LogP contribution in [-0.2, 0) is 37.5 Å². The summed E-state index contributed by atoms with van der Waals surface area (Å²) in [7, 11) is 0. The van der Waals surface area contributed by atoms with Gasteiger partial charge in [0, 0.05) is 39.1 Å². The van der Waals surface area contributed by atoms with Crippen molar-refractivity contribution in [1.29, 1.82) is 0 Å². The maximum atomic E-state index is 10.3. The van der Waals surface area contributed by atoms with Crippen molar-refractivity contribution in [2.45, 2.75) is 58.3 Å². The number of aliphatic carboxylic acids is 1. The molecule has 3 N–H and O–H groups in total. The van der Waals surface area contributed by atoms with Gasteiger partial charge in [0.1, 0.15) is 0 Å². The minimum atomic E-state index is -0.704. The third kappa shape index (κ3) is 21.8. The first kappa shape index (κ1) is 23.6. The van der Waals surface area contributed by atoms with E-state index in [1.807, 2.05) is 0 Å². The number of hydrogen-bond donors (Lipinski definition) is 2. The van der Waals surface area contributed by atoms with Crippen LogP contribution in [0.25, 0.3) is 0 Å². The van der Waals surface area contributed by atoms with Crippen molar-refractivity contribution in [3.8, 4) is 0 Å². The molecule has 4 heteroatoms. The molecule has 0 heterocycles. The van der Waals surface area contributed by atoms with Crippen molar-refractivity contribution in [2.24, 2.45) is 11.7 Å².